The van der Waals surface area contributed by atoms with E-state index in [4.69, 9.17) is 5.41 Å². The molecule has 1 aliphatic heterocycles. The van der Waals surface area contributed by atoms with Crippen molar-refractivity contribution in [1.29, 1.82) is 5.41 Å². The molecule has 182 valence electrons. The minimum Gasteiger partial charge on any atom is -0.478 e. The van der Waals surface area contributed by atoms with Gasteiger partial charge in [0.25, 0.3) is 0 Å². The summed E-state index contributed by atoms with van der Waals surface area (Å²) in [4.78, 5) is 27.4. The molecule has 1 unspecified atom stereocenters. The zero-order valence-electron chi connectivity index (χ0n) is 19.6. The van der Waals surface area contributed by atoms with Crippen molar-refractivity contribution < 1.29 is 27.9 Å². The third-order valence-electron chi connectivity index (χ3n) is 5.87. The Morgan fingerprint density at radius 3 is 2.39 bits per heavy atom. The summed E-state index contributed by atoms with van der Waals surface area (Å²) in [5.74, 6) is -3.73. The molecular formula is C23H31F3N4O3. The number of hydrogen-bond donors (Lipinski definition) is 3. The molecule has 2 rings (SSSR count). The van der Waals surface area contributed by atoms with Crippen molar-refractivity contribution >= 4 is 17.7 Å². The molecule has 1 heterocycles. The Labute approximate surface area is 191 Å². The van der Waals surface area contributed by atoms with Crippen LogP contribution in [0.1, 0.15) is 38.3 Å². The number of amidine groups is 1. The average molecular weight is 469 g/mol. The van der Waals surface area contributed by atoms with Crippen molar-refractivity contribution in [2.24, 2.45) is 0 Å². The summed E-state index contributed by atoms with van der Waals surface area (Å²) in [6.07, 6.45) is 0.336. The topological polar surface area (TPSA) is 96.7 Å². The molecule has 7 nitrogen and oxygen atoms in total. The van der Waals surface area contributed by atoms with Crippen LogP contribution in [0.25, 0.3) is 0 Å². The fraction of sp³-hybridized carbons (Fsp3) is 0.522. The first kappa shape index (κ1) is 26.4. The number of carbonyl (C=O) groups excluding carboxylic acids is 1. The maximum Gasteiger partial charge on any atom is 0.333 e. The quantitative estimate of drug-likeness (QED) is 0.325. The summed E-state index contributed by atoms with van der Waals surface area (Å²) in [6, 6.07) is 1.88. The van der Waals surface area contributed by atoms with Gasteiger partial charge in [-0.05, 0) is 64.4 Å². The van der Waals surface area contributed by atoms with E-state index in [1.54, 1.807) is 14.0 Å². The van der Waals surface area contributed by atoms with Gasteiger partial charge in [0.05, 0.1) is 12.1 Å². The van der Waals surface area contributed by atoms with Crippen LogP contribution in [-0.2, 0) is 16.0 Å². The number of carboxylic acid groups (broad SMARTS) is 1. The van der Waals surface area contributed by atoms with Gasteiger partial charge in [-0.25, -0.2) is 18.0 Å². The number of rotatable bonds is 7. The number of nitrogens with zero attached hydrogens (tertiary/aromatic N) is 2. The highest BCUT2D eigenvalue weighted by atomic mass is 19.2. The second kappa shape index (κ2) is 10.4. The summed E-state index contributed by atoms with van der Waals surface area (Å²) in [5, 5.41) is 20.6. The number of likely N-dealkylation sites (N-methyl/N-ethyl adjacent to an activating group) is 1. The lowest BCUT2D eigenvalue weighted by Crippen LogP contribution is -2.53. The highest BCUT2D eigenvalue weighted by molar-refractivity contribution is 5.92. The van der Waals surface area contributed by atoms with Crippen LogP contribution < -0.4 is 5.32 Å². The van der Waals surface area contributed by atoms with Crippen LogP contribution in [0.4, 0.5) is 13.2 Å². The molecule has 0 radical (unpaired) electrons. The number of piperazine rings is 1. The van der Waals surface area contributed by atoms with Gasteiger partial charge in [0.2, 0.25) is 5.91 Å². The van der Waals surface area contributed by atoms with Crippen LogP contribution in [0.2, 0.25) is 0 Å². The maximum atomic E-state index is 14.4. The first-order chi connectivity index (χ1) is 15.3. The van der Waals surface area contributed by atoms with Gasteiger partial charge in [-0.1, -0.05) is 0 Å². The number of nitrogens with one attached hydrogen (secondary N) is 2. The largest absolute Gasteiger partial charge is 0.478 e. The molecule has 1 fully saturated rings. The second-order valence-electron chi connectivity index (χ2n) is 8.75. The van der Waals surface area contributed by atoms with Gasteiger partial charge >= 0.3 is 5.97 Å². The van der Waals surface area contributed by atoms with Crippen molar-refractivity contribution in [2.75, 3.05) is 26.7 Å². The minimum absolute atomic E-state index is 0.0420. The molecule has 1 amide bonds. The fourth-order valence-electron chi connectivity index (χ4n) is 3.71. The molecule has 1 atom stereocenters. The number of carbonyl (C=O) groups is 2. The van der Waals surface area contributed by atoms with Gasteiger partial charge in [-0.3, -0.25) is 10.2 Å². The number of aliphatic carboxylic acids is 1. The predicted octanol–water partition coefficient (Wildman–Crippen LogP) is 3.02. The van der Waals surface area contributed by atoms with E-state index in [0.29, 0.717) is 17.5 Å². The van der Waals surface area contributed by atoms with Crippen LogP contribution in [0.3, 0.4) is 0 Å². The third kappa shape index (κ3) is 6.34. The van der Waals surface area contributed by atoms with E-state index in [1.807, 2.05) is 0 Å². The predicted molar refractivity (Wildman–Crippen MR) is 119 cm³/mol. The monoisotopic (exact) mass is 468 g/mol. The molecule has 0 bridgehead atoms. The zero-order chi connectivity index (χ0) is 25.1. The number of alkyl halides is 1. The highest BCUT2D eigenvalue weighted by Crippen LogP contribution is 2.25. The molecular weight excluding hydrogens is 437 g/mol. The molecule has 0 aromatic heterocycles. The Morgan fingerprint density at radius 2 is 1.85 bits per heavy atom. The van der Waals surface area contributed by atoms with Gasteiger partial charge in [-0.2, -0.15) is 0 Å². The number of benzene rings is 1. The lowest BCUT2D eigenvalue weighted by Gasteiger charge is -2.41. The lowest BCUT2D eigenvalue weighted by molar-refractivity contribution is -0.134. The van der Waals surface area contributed by atoms with Crippen molar-refractivity contribution in [3.05, 3.63) is 46.2 Å². The van der Waals surface area contributed by atoms with Crippen LogP contribution in [-0.4, -0.2) is 71.0 Å². The lowest BCUT2D eigenvalue weighted by atomic mass is 9.98. The maximum absolute atomic E-state index is 14.4. The number of halogens is 3. The normalized spacial score (nSPS) is 17.1. The van der Waals surface area contributed by atoms with Gasteiger partial charge in [0.15, 0.2) is 17.3 Å². The average Bonchev–Trinajstić information content (AvgIpc) is 2.74. The Hall–Kier alpha value is -2.88. The first-order valence-electron chi connectivity index (χ1n) is 10.6. The molecule has 10 heteroatoms. The Balaban J connectivity index is 2.19. The third-order valence-corrected chi connectivity index (χ3v) is 5.87. The summed E-state index contributed by atoms with van der Waals surface area (Å²) >= 11 is 0. The van der Waals surface area contributed by atoms with E-state index in [1.165, 1.54) is 30.6 Å². The van der Waals surface area contributed by atoms with Crippen LogP contribution in [0, 0.1) is 24.0 Å². The zero-order valence-corrected chi connectivity index (χ0v) is 19.6. The van der Waals surface area contributed by atoms with E-state index in [2.05, 4.69) is 5.32 Å². The molecule has 0 spiro atoms. The minimum atomic E-state index is -1.98. The fourth-order valence-corrected chi connectivity index (χ4v) is 3.71. The molecule has 1 aromatic rings. The standard InChI is InChI=1S/C23H31F3N4O3/c1-13-8-17(24)18(25)10-15(13)9-16(28-5)11-20(31)29-6-7-30(22(27)23(3,4)26)19(12-29)14(2)21(32)33/h8,10,16,27-28H,6-7,9,11-12H2,1-5H3,(H,32,33)/b19-14+,27-22?. The number of hydrogen-bond acceptors (Lipinski definition) is 4. The van der Waals surface area contributed by atoms with E-state index < -0.39 is 23.3 Å². The summed E-state index contributed by atoms with van der Waals surface area (Å²) < 4.78 is 41.5. The molecule has 0 saturated carbocycles. The van der Waals surface area contributed by atoms with Crippen molar-refractivity contribution in [3.63, 3.8) is 0 Å². The number of aryl methyl sites for hydroxylation is 1. The van der Waals surface area contributed by atoms with Crippen molar-refractivity contribution in [1.82, 2.24) is 15.1 Å². The molecule has 3 N–H and O–H groups in total. The van der Waals surface area contributed by atoms with Gasteiger partial charge in [-0.15, -0.1) is 0 Å². The van der Waals surface area contributed by atoms with Crippen LogP contribution in [0.15, 0.2) is 23.4 Å². The Morgan fingerprint density at radius 1 is 1.24 bits per heavy atom. The summed E-state index contributed by atoms with van der Waals surface area (Å²) in [7, 11) is 1.66. The van der Waals surface area contributed by atoms with E-state index >= 15 is 0 Å². The smallest absolute Gasteiger partial charge is 0.333 e. The van der Waals surface area contributed by atoms with E-state index in [-0.39, 0.29) is 55.1 Å². The summed E-state index contributed by atoms with van der Waals surface area (Å²) in [5.41, 5.74) is -0.702. The van der Waals surface area contributed by atoms with E-state index in [0.717, 1.165) is 12.1 Å². The SMILES string of the molecule is CNC(CC(=O)N1CCN(C(=N)C(C)(C)F)/C(=C(\C)C(=O)O)C1)Cc1cc(F)c(F)cc1C. The van der Waals surface area contributed by atoms with E-state index in [9.17, 15) is 27.9 Å². The highest BCUT2D eigenvalue weighted by Gasteiger charge is 2.35. The van der Waals surface area contributed by atoms with Gasteiger partial charge < -0.3 is 20.2 Å². The van der Waals surface area contributed by atoms with Gasteiger partial charge in [0.1, 0.15) is 5.84 Å². The Kier molecular flexibility index (Phi) is 8.29. The van der Waals surface area contributed by atoms with Crippen molar-refractivity contribution in [3.8, 4) is 0 Å². The van der Waals surface area contributed by atoms with Gasteiger partial charge in [0, 0.05) is 31.2 Å². The van der Waals surface area contributed by atoms with Crippen LogP contribution >= 0.6 is 0 Å². The molecule has 0 aliphatic carbocycles. The molecule has 1 aliphatic rings. The number of carboxylic acids is 1. The Bertz CT molecular complexity index is 972. The van der Waals surface area contributed by atoms with Crippen LogP contribution in [0.5, 0.6) is 0 Å². The second-order valence-corrected chi connectivity index (χ2v) is 8.75. The number of amides is 1. The van der Waals surface area contributed by atoms with Crippen molar-refractivity contribution in [2.45, 2.75) is 52.2 Å². The molecule has 33 heavy (non-hydrogen) atoms. The first-order valence-corrected chi connectivity index (χ1v) is 10.6. The summed E-state index contributed by atoms with van der Waals surface area (Å²) in [6.45, 7) is 5.67. The molecule has 1 aromatic carbocycles. The molecule has 1 saturated heterocycles.